The summed E-state index contributed by atoms with van der Waals surface area (Å²) in [6, 6.07) is 12.9. The lowest BCUT2D eigenvalue weighted by Gasteiger charge is -2.38. The van der Waals surface area contributed by atoms with Gasteiger partial charge in [-0.1, -0.05) is 24.3 Å². The van der Waals surface area contributed by atoms with E-state index in [9.17, 15) is 9.18 Å². The Hall–Kier alpha value is -3.63. The molecular formula is C28H35FN6O3. The van der Waals surface area contributed by atoms with Gasteiger partial charge in [-0.15, -0.1) is 0 Å². The lowest BCUT2D eigenvalue weighted by Crippen LogP contribution is -2.48. The molecule has 2 heterocycles. The van der Waals surface area contributed by atoms with E-state index in [1.165, 1.54) is 11.6 Å². The number of anilines is 1. The third-order valence-corrected chi connectivity index (χ3v) is 7.30. The summed E-state index contributed by atoms with van der Waals surface area (Å²) in [5.41, 5.74) is 8.25. The first-order chi connectivity index (χ1) is 18.5. The first-order valence-corrected chi connectivity index (χ1v) is 13.1. The van der Waals surface area contributed by atoms with Gasteiger partial charge in [-0.05, 0) is 55.6 Å². The van der Waals surface area contributed by atoms with E-state index < -0.39 is 18.1 Å². The molecule has 2 aromatic carbocycles. The van der Waals surface area contributed by atoms with E-state index >= 15 is 0 Å². The number of aliphatic imine (C=N–C) groups is 1. The molecule has 0 spiro atoms. The second-order valence-corrected chi connectivity index (χ2v) is 9.90. The average Bonchev–Trinajstić information content (AvgIpc) is 3.32. The number of likely N-dealkylation sites (N-methyl/N-ethyl adjacent to an activating group) is 1. The van der Waals surface area contributed by atoms with Crippen LogP contribution in [0.25, 0.3) is 0 Å². The predicted octanol–water partition coefficient (Wildman–Crippen LogP) is 3.55. The number of hydrogen-bond acceptors (Lipinski definition) is 8. The SMILES string of the molecule is CN1CCN(CCCOc2ccc(NC3=NC=CC(OC(N)=O)N3C3CCc4ccccc43)cc2F)CC1. The topological polar surface area (TPSA) is 95.7 Å². The van der Waals surface area contributed by atoms with E-state index in [0.717, 1.165) is 57.5 Å². The van der Waals surface area contributed by atoms with Crippen LogP contribution >= 0.6 is 0 Å². The molecule has 0 bridgehead atoms. The van der Waals surface area contributed by atoms with Crippen molar-refractivity contribution in [1.82, 2.24) is 14.7 Å². The predicted molar refractivity (Wildman–Crippen MR) is 144 cm³/mol. The van der Waals surface area contributed by atoms with Gasteiger partial charge in [0, 0.05) is 50.7 Å². The maximum Gasteiger partial charge on any atom is 0.406 e. The van der Waals surface area contributed by atoms with Crippen LogP contribution in [0.5, 0.6) is 5.75 Å². The van der Waals surface area contributed by atoms with Crippen molar-refractivity contribution >= 4 is 17.7 Å². The molecule has 9 nitrogen and oxygen atoms in total. The van der Waals surface area contributed by atoms with Gasteiger partial charge in [0.05, 0.1) is 12.6 Å². The number of amides is 1. The summed E-state index contributed by atoms with van der Waals surface area (Å²) < 4.78 is 26.1. The highest BCUT2D eigenvalue weighted by atomic mass is 19.1. The van der Waals surface area contributed by atoms with Crippen molar-refractivity contribution in [2.75, 3.05) is 51.7 Å². The molecule has 1 aliphatic carbocycles. The van der Waals surface area contributed by atoms with Crippen LogP contribution in [0.15, 0.2) is 59.7 Å². The Kier molecular flexibility index (Phi) is 8.09. The fourth-order valence-corrected chi connectivity index (χ4v) is 5.29. The molecule has 1 amide bonds. The van der Waals surface area contributed by atoms with E-state index in [-0.39, 0.29) is 11.8 Å². The van der Waals surface area contributed by atoms with Crippen LogP contribution < -0.4 is 15.8 Å². The molecule has 5 rings (SSSR count). The number of aryl methyl sites for hydroxylation is 1. The number of primary amides is 1. The minimum atomic E-state index is -0.877. The molecule has 1 saturated heterocycles. The smallest absolute Gasteiger partial charge is 0.406 e. The number of carbonyl (C=O) groups is 1. The number of ether oxygens (including phenoxy) is 2. The molecule has 2 atom stereocenters. The molecule has 0 radical (unpaired) electrons. The van der Waals surface area contributed by atoms with E-state index in [0.29, 0.717) is 18.3 Å². The third kappa shape index (κ3) is 6.08. The van der Waals surface area contributed by atoms with Gasteiger partial charge >= 0.3 is 6.09 Å². The summed E-state index contributed by atoms with van der Waals surface area (Å²) in [5, 5.41) is 3.21. The van der Waals surface area contributed by atoms with Gasteiger partial charge in [0.25, 0.3) is 0 Å². The van der Waals surface area contributed by atoms with E-state index in [1.807, 2.05) is 17.0 Å². The van der Waals surface area contributed by atoms with Gasteiger partial charge in [0.2, 0.25) is 12.2 Å². The minimum absolute atomic E-state index is 0.0838. The number of hydrogen-bond donors (Lipinski definition) is 2. The minimum Gasteiger partial charge on any atom is -0.490 e. The Bertz CT molecular complexity index is 1200. The molecule has 2 aromatic rings. The summed E-state index contributed by atoms with van der Waals surface area (Å²) >= 11 is 0. The molecule has 0 aromatic heterocycles. The number of piperazine rings is 1. The Balaban J connectivity index is 1.24. The average molecular weight is 523 g/mol. The van der Waals surface area contributed by atoms with Gasteiger partial charge in [-0.2, -0.15) is 0 Å². The zero-order chi connectivity index (χ0) is 26.5. The van der Waals surface area contributed by atoms with E-state index in [1.54, 1.807) is 24.4 Å². The van der Waals surface area contributed by atoms with Crippen molar-refractivity contribution in [3.63, 3.8) is 0 Å². The van der Waals surface area contributed by atoms with E-state index in [2.05, 4.69) is 39.3 Å². The van der Waals surface area contributed by atoms with Gasteiger partial charge in [-0.25, -0.2) is 14.2 Å². The highest BCUT2D eigenvalue weighted by Gasteiger charge is 2.36. The van der Waals surface area contributed by atoms with Crippen LogP contribution in [-0.4, -0.2) is 79.4 Å². The number of benzene rings is 2. The largest absolute Gasteiger partial charge is 0.490 e. The molecule has 0 saturated carbocycles. The van der Waals surface area contributed by atoms with Crippen molar-refractivity contribution in [3.8, 4) is 5.75 Å². The zero-order valence-electron chi connectivity index (χ0n) is 21.7. The van der Waals surface area contributed by atoms with Gasteiger partial charge < -0.3 is 30.3 Å². The quantitative estimate of drug-likeness (QED) is 0.512. The molecule has 2 unspecified atom stereocenters. The third-order valence-electron chi connectivity index (χ3n) is 7.30. The summed E-state index contributed by atoms with van der Waals surface area (Å²) in [6.45, 7) is 5.65. The molecule has 1 fully saturated rings. The van der Waals surface area contributed by atoms with Crippen LogP contribution in [0.3, 0.4) is 0 Å². The van der Waals surface area contributed by atoms with Gasteiger partial charge in [0.15, 0.2) is 11.6 Å². The normalized spacial score (nSPS) is 21.6. The van der Waals surface area contributed by atoms with Crippen molar-refractivity contribution in [1.29, 1.82) is 0 Å². The van der Waals surface area contributed by atoms with Crippen LogP contribution in [0.4, 0.5) is 14.9 Å². The highest BCUT2D eigenvalue weighted by Crippen LogP contribution is 2.38. The Morgan fingerprint density at radius 1 is 1.18 bits per heavy atom. The molecule has 2 aliphatic heterocycles. The molecule has 38 heavy (non-hydrogen) atoms. The maximum absolute atomic E-state index is 14.9. The second kappa shape index (κ2) is 11.8. The van der Waals surface area contributed by atoms with Crippen LogP contribution in [0, 0.1) is 5.82 Å². The van der Waals surface area contributed by atoms with Crippen molar-refractivity contribution < 1.29 is 18.7 Å². The zero-order valence-corrected chi connectivity index (χ0v) is 21.7. The number of fused-ring (bicyclic) bond motifs is 1. The Morgan fingerprint density at radius 2 is 2.00 bits per heavy atom. The Labute approximate surface area is 222 Å². The summed E-state index contributed by atoms with van der Waals surface area (Å²) in [6.07, 6.45) is 4.17. The molecule has 202 valence electrons. The lowest BCUT2D eigenvalue weighted by atomic mass is 10.1. The summed E-state index contributed by atoms with van der Waals surface area (Å²) in [7, 11) is 2.14. The van der Waals surface area contributed by atoms with Gasteiger partial charge in [0.1, 0.15) is 0 Å². The first-order valence-electron chi connectivity index (χ1n) is 13.1. The number of nitrogens with two attached hydrogens (primary N) is 1. The van der Waals surface area contributed by atoms with Crippen LogP contribution in [0.2, 0.25) is 0 Å². The monoisotopic (exact) mass is 522 g/mol. The standard InChI is InChI=1S/C28H35FN6O3/c1-33-14-16-34(17-15-33)13-4-18-37-25-10-8-21(19-23(25)29)32-28-31-12-11-26(38-27(30)36)35(28)24-9-7-20-5-2-3-6-22(20)24/h2-3,5-6,8,10-12,19,24,26H,4,7,9,13-18H2,1H3,(H2,30,36)(H,31,32). The molecule has 10 heteroatoms. The fourth-order valence-electron chi connectivity index (χ4n) is 5.29. The number of guanidine groups is 1. The number of rotatable bonds is 8. The highest BCUT2D eigenvalue weighted by molar-refractivity contribution is 5.95. The fraction of sp³-hybridized carbons (Fsp3) is 0.429. The van der Waals surface area contributed by atoms with E-state index in [4.69, 9.17) is 15.2 Å². The molecular weight excluding hydrogens is 487 g/mol. The molecule has 3 aliphatic rings. The number of nitrogens with zero attached hydrogens (tertiary/aromatic N) is 4. The summed E-state index contributed by atoms with van der Waals surface area (Å²) in [5.74, 6) is 0.209. The van der Waals surface area contributed by atoms with Gasteiger partial charge in [-0.3, -0.25) is 4.90 Å². The van der Waals surface area contributed by atoms with Crippen LogP contribution in [0.1, 0.15) is 30.0 Å². The number of halogens is 1. The van der Waals surface area contributed by atoms with Crippen LogP contribution in [-0.2, 0) is 11.2 Å². The number of nitrogens with one attached hydrogen (secondary N) is 1. The number of carbonyl (C=O) groups excluding carboxylic acids is 1. The molecule has 3 N–H and O–H groups in total. The first kappa shape index (κ1) is 26.0. The summed E-state index contributed by atoms with van der Waals surface area (Å²) in [4.78, 5) is 22.8. The second-order valence-electron chi connectivity index (χ2n) is 9.90. The lowest BCUT2D eigenvalue weighted by molar-refractivity contribution is 0.0394. The van der Waals surface area contributed by atoms with Crippen molar-refractivity contribution in [2.24, 2.45) is 10.7 Å². The van der Waals surface area contributed by atoms with Crippen molar-refractivity contribution in [3.05, 3.63) is 71.7 Å². The Morgan fingerprint density at radius 3 is 2.79 bits per heavy atom. The maximum atomic E-state index is 14.9. The van der Waals surface area contributed by atoms with Crippen molar-refractivity contribution in [2.45, 2.75) is 31.5 Å².